The molecule has 0 saturated carbocycles. The van der Waals surface area contributed by atoms with Crippen LogP contribution in [-0.4, -0.2) is 13.1 Å². The highest BCUT2D eigenvalue weighted by atomic mass is 15.1. The van der Waals surface area contributed by atoms with Gasteiger partial charge in [-0.25, -0.2) is 0 Å². The fourth-order valence-corrected chi connectivity index (χ4v) is 2.57. The zero-order chi connectivity index (χ0) is 11.4. The first-order valence-electron chi connectivity index (χ1n) is 6.72. The second-order valence-electron chi connectivity index (χ2n) is 4.74. The zero-order valence-corrected chi connectivity index (χ0v) is 10.6. The molecule has 0 atom stereocenters. The van der Waals surface area contributed by atoms with Gasteiger partial charge < -0.3 is 4.90 Å². The Bertz CT molecular complexity index is 343. The van der Waals surface area contributed by atoms with Gasteiger partial charge in [-0.05, 0) is 55.9 Å². The molecule has 1 aromatic carbocycles. The number of aryl methyl sites for hydroxylation is 2. The van der Waals surface area contributed by atoms with Crippen molar-refractivity contribution in [3.63, 3.8) is 0 Å². The summed E-state index contributed by atoms with van der Waals surface area (Å²) in [6.07, 6.45) is 6.50. The summed E-state index contributed by atoms with van der Waals surface area (Å²) in [4.78, 5) is 2.50. The average Bonchev–Trinajstić information content (AvgIpc) is 2.77. The van der Waals surface area contributed by atoms with Gasteiger partial charge in [0.1, 0.15) is 0 Å². The van der Waals surface area contributed by atoms with E-state index < -0.39 is 0 Å². The second kappa shape index (κ2) is 5.38. The molecule has 0 saturated heterocycles. The molecule has 1 aliphatic carbocycles. The second-order valence-corrected chi connectivity index (χ2v) is 4.74. The van der Waals surface area contributed by atoms with E-state index in [-0.39, 0.29) is 0 Å². The number of rotatable bonds is 5. The molecule has 88 valence electrons. The normalized spacial score (nSPS) is 13.9. The van der Waals surface area contributed by atoms with Gasteiger partial charge in [-0.15, -0.1) is 0 Å². The van der Waals surface area contributed by atoms with Gasteiger partial charge in [0.25, 0.3) is 0 Å². The van der Waals surface area contributed by atoms with Crippen LogP contribution >= 0.6 is 0 Å². The number of hydrogen-bond acceptors (Lipinski definition) is 1. The Hall–Kier alpha value is -0.980. The minimum Gasteiger partial charge on any atom is -0.372 e. The first-order chi connectivity index (χ1) is 7.85. The highest BCUT2D eigenvalue weighted by Crippen LogP contribution is 2.26. The van der Waals surface area contributed by atoms with Crippen LogP contribution in [0.15, 0.2) is 18.2 Å². The van der Waals surface area contributed by atoms with Crippen LogP contribution in [0.1, 0.15) is 44.2 Å². The molecule has 16 heavy (non-hydrogen) atoms. The van der Waals surface area contributed by atoms with E-state index in [9.17, 15) is 0 Å². The molecule has 0 heterocycles. The van der Waals surface area contributed by atoms with E-state index in [1.165, 1.54) is 44.3 Å². The summed E-state index contributed by atoms with van der Waals surface area (Å²) in [6, 6.07) is 7.07. The average molecular weight is 217 g/mol. The van der Waals surface area contributed by atoms with E-state index in [0.717, 1.165) is 6.54 Å². The van der Waals surface area contributed by atoms with Crippen molar-refractivity contribution in [2.75, 3.05) is 18.0 Å². The molecule has 0 radical (unpaired) electrons. The lowest BCUT2D eigenvalue weighted by molar-refractivity contribution is 0.732. The summed E-state index contributed by atoms with van der Waals surface area (Å²) < 4.78 is 0. The van der Waals surface area contributed by atoms with E-state index in [0.29, 0.717) is 0 Å². The van der Waals surface area contributed by atoms with E-state index in [1.807, 2.05) is 0 Å². The van der Waals surface area contributed by atoms with Crippen molar-refractivity contribution in [1.29, 1.82) is 0 Å². The maximum absolute atomic E-state index is 2.50. The minimum absolute atomic E-state index is 1.12. The number of nitrogens with zero attached hydrogens (tertiary/aromatic N) is 1. The topological polar surface area (TPSA) is 3.24 Å². The van der Waals surface area contributed by atoms with Crippen molar-refractivity contribution < 1.29 is 0 Å². The van der Waals surface area contributed by atoms with E-state index in [2.05, 4.69) is 36.9 Å². The molecular formula is C15H23N. The summed E-state index contributed by atoms with van der Waals surface area (Å²) in [5, 5.41) is 0. The molecule has 1 heteroatoms. The van der Waals surface area contributed by atoms with Crippen molar-refractivity contribution in [2.24, 2.45) is 0 Å². The first kappa shape index (κ1) is 11.5. The predicted molar refractivity (Wildman–Crippen MR) is 71.3 cm³/mol. The molecule has 0 aliphatic heterocycles. The predicted octanol–water partition coefficient (Wildman–Crippen LogP) is 3.80. The third-order valence-corrected chi connectivity index (χ3v) is 3.61. The van der Waals surface area contributed by atoms with Crippen LogP contribution in [0.25, 0.3) is 0 Å². The van der Waals surface area contributed by atoms with Gasteiger partial charge >= 0.3 is 0 Å². The van der Waals surface area contributed by atoms with Crippen molar-refractivity contribution in [1.82, 2.24) is 0 Å². The molecule has 2 rings (SSSR count). The Kier molecular flexibility index (Phi) is 3.87. The summed E-state index contributed by atoms with van der Waals surface area (Å²) in [5.41, 5.74) is 4.60. The molecule has 0 unspecified atom stereocenters. The Morgan fingerprint density at radius 2 is 1.94 bits per heavy atom. The third kappa shape index (κ3) is 2.40. The highest BCUT2D eigenvalue weighted by Gasteiger charge is 2.12. The van der Waals surface area contributed by atoms with Gasteiger partial charge in [-0.3, -0.25) is 0 Å². The van der Waals surface area contributed by atoms with Crippen LogP contribution in [0.5, 0.6) is 0 Å². The Morgan fingerprint density at radius 1 is 1.12 bits per heavy atom. The monoisotopic (exact) mass is 217 g/mol. The minimum atomic E-state index is 1.12. The van der Waals surface area contributed by atoms with Gasteiger partial charge in [0.05, 0.1) is 0 Å². The lowest BCUT2D eigenvalue weighted by Gasteiger charge is -2.23. The Balaban J connectivity index is 2.12. The van der Waals surface area contributed by atoms with Crippen molar-refractivity contribution in [2.45, 2.75) is 46.0 Å². The van der Waals surface area contributed by atoms with Crippen LogP contribution in [-0.2, 0) is 12.8 Å². The number of benzene rings is 1. The van der Waals surface area contributed by atoms with E-state index in [1.54, 1.807) is 11.1 Å². The molecule has 1 aromatic rings. The quantitative estimate of drug-likeness (QED) is 0.725. The van der Waals surface area contributed by atoms with Gasteiger partial charge in [-0.1, -0.05) is 19.4 Å². The van der Waals surface area contributed by atoms with Crippen LogP contribution in [0.2, 0.25) is 0 Å². The molecule has 0 spiro atoms. The molecule has 1 nitrogen and oxygen atoms in total. The lowest BCUT2D eigenvalue weighted by atomic mass is 10.1. The lowest BCUT2D eigenvalue weighted by Crippen LogP contribution is -2.23. The molecule has 0 aromatic heterocycles. The van der Waals surface area contributed by atoms with Crippen LogP contribution < -0.4 is 4.90 Å². The zero-order valence-electron chi connectivity index (χ0n) is 10.6. The first-order valence-corrected chi connectivity index (χ1v) is 6.72. The van der Waals surface area contributed by atoms with Crippen molar-refractivity contribution in [3.05, 3.63) is 29.3 Å². The van der Waals surface area contributed by atoms with Gasteiger partial charge in [-0.2, -0.15) is 0 Å². The van der Waals surface area contributed by atoms with E-state index in [4.69, 9.17) is 0 Å². The molecule has 0 fully saturated rings. The fraction of sp³-hybridized carbons (Fsp3) is 0.600. The third-order valence-electron chi connectivity index (χ3n) is 3.61. The fourth-order valence-electron chi connectivity index (χ4n) is 2.57. The largest absolute Gasteiger partial charge is 0.372 e. The number of unbranched alkanes of at least 4 members (excludes halogenated alkanes) is 1. The Labute approximate surface area is 99.5 Å². The highest BCUT2D eigenvalue weighted by molar-refractivity contribution is 5.52. The Morgan fingerprint density at radius 3 is 2.69 bits per heavy atom. The SMILES string of the molecule is CCCCN(CC)c1ccc2c(c1)CCC2. The van der Waals surface area contributed by atoms with Crippen LogP contribution in [0.3, 0.4) is 0 Å². The maximum Gasteiger partial charge on any atom is 0.0369 e. The smallest absolute Gasteiger partial charge is 0.0369 e. The molecule has 0 bridgehead atoms. The van der Waals surface area contributed by atoms with Gasteiger partial charge in [0, 0.05) is 18.8 Å². The molecule has 1 aliphatic rings. The standard InChI is InChI=1S/C15H23N/c1-3-5-11-16(4-2)15-10-9-13-7-6-8-14(13)12-15/h9-10,12H,3-8,11H2,1-2H3. The van der Waals surface area contributed by atoms with E-state index >= 15 is 0 Å². The summed E-state index contributed by atoms with van der Waals surface area (Å²) in [5.74, 6) is 0. The van der Waals surface area contributed by atoms with Crippen LogP contribution in [0, 0.1) is 0 Å². The van der Waals surface area contributed by atoms with Gasteiger partial charge in [0.15, 0.2) is 0 Å². The van der Waals surface area contributed by atoms with Crippen LogP contribution in [0.4, 0.5) is 5.69 Å². The number of anilines is 1. The molecule has 0 N–H and O–H groups in total. The van der Waals surface area contributed by atoms with Crippen molar-refractivity contribution >= 4 is 5.69 Å². The number of fused-ring (bicyclic) bond motifs is 1. The van der Waals surface area contributed by atoms with Crippen molar-refractivity contribution in [3.8, 4) is 0 Å². The number of hydrogen-bond donors (Lipinski definition) is 0. The summed E-state index contributed by atoms with van der Waals surface area (Å²) >= 11 is 0. The molecular weight excluding hydrogens is 194 g/mol. The summed E-state index contributed by atoms with van der Waals surface area (Å²) in [7, 11) is 0. The maximum atomic E-state index is 2.50. The molecule has 0 amide bonds. The summed E-state index contributed by atoms with van der Waals surface area (Å²) in [6.45, 7) is 6.84. The van der Waals surface area contributed by atoms with Gasteiger partial charge in [0.2, 0.25) is 0 Å².